The Kier molecular flexibility index (Phi) is 7.72. The monoisotopic (exact) mass is 417 g/mol. The smallest absolute Gasteiger partial charge is 0.271 e. The maximum atomic E-state index is 12.5. The van der Waals surface area contributed by atoms with E-state index < -0.39 is 11.5 Å². The van der Waals surface area contributed by atoms with Crippen LogP contribution in [0, 0.1) is 34.0 Å². The zero-order valence-electron chi connectivity index (χ0n) is 15.7. The number of hydrazine groups is 1. The number of nitrogens with one attached hydrogen (secondary N) is 4. The molecule has 0 radical (unpaired) electrons. The molecule has 0 fully saturated rings. The van der Waals surface area contributed by atoms with E-state index in [0.717, 1.165) is 0 Å². The van der Waals surface area contributed by atoms with E-state index in [0.29, 0.717) is 11.4 Å². The summed E-state index contributed by atoms with van der Waals surface area (Å²) in [4.78, 5) is 12.5. The largest absolute Gasteiger partial charge is 0.497 e. The second-order valence-electron chi connectivity index (χ2n) is 5.52. The van der Waals surface area contributed by atoms with Gasteiger partial charge in [-0.05, 0) is 48.6 Å². The van der Waals surface area contributed by atoms with Gasteiger partial charge < -0.3 is 15.4 Å². The number of ether oxygens (including phenoxy) is 1. The number of nitriles is 3. The molecule has 0 aliphatic carbocycles. The van der Waals surface area contributed by atoms with Gasteiger partial charge in [-0.2, -0.15) is 15.8 Å². The number of thiocarbonyl (C=S) groups is 1. The minimum absolute atomic E-state index is 0.146. The number of methoxy groups -OCH3 is 1. The third kappa shape index (κ3) is 5.70. The minimum Gasteiger partial charge on any atom is -0.497 e. The second-order valence-corrected chi connectivity index (χ2v) is 5.93. The highest BCUT2D eigenvalue weighted by Gasteiger charge is 2.14. The average Bonchev–Trinajstić information content (AvgIpc) is 2.78. The summed E-state index contributed by atoms with van der Waals surface area (Å²) >= 11 is 5.15. The van der Waals surface area contributed by atoms with Crippen molar-refractivity contribution in [3.63, 3.8) is 0 Å². The van der Waals surface area contributed by atoms with E-state index in [1.807, 2.05) is 0 Å². The predicted molar refractivity (Wildman–Crippen MR) is 114 cm³/mol. The summed E-state index contributed by atoms with van der Waals surface area (Å²) in [5.74, 6) is 0.142. The highest BCUT2D eigenvalue weighted by atomic mass is 32.1. The quantitative estimate of drug-likeness (QED) is 0.327. The van der Waals surface area contributed by atoms with Gasteiger partial charge in [0.05, 0.1) is 18.4 Å². The van der Waals surface area contributed by atoms with E-state index in [-0.39, 0.29) is 22.1 Å². The first-order valence-electron chi connectivity index (χ1n) is 8.34. The number of hydrogen-bond acceptors (Lipinski definition) is 7. The Morgan fingerprint density at radius 1 is 0.933 bits per heavy atom. The van der Waals surface area contributed by atoms with Crippen molar-refractivity contribution in [2.24, 2.45) is 0 Å². The van der Waals surface area contributed by atoms with Crippen molar-refractivity contribution < 1.29 is 9.53 Å². The molecule has 0 heterocycles. The van der Waals surface area contributed by atoms with Crippen molar-refractivity contribution in [3.05, 3.63) is 65.4 Å². The molecule has 148 valence electrons. The molecule has 0 aromatic heterocycles. The zero-order valence-corrected chi connectivity index (χ0v) is 16.5. The lowest BCUT2D eigenvalue weighted by molar-refractivity contribution is 0.0945. The van der Waals surface area contributed by atoms with E-state index >= 15 is 0 Å². The highest BCUT2D eigenvalue weighted by molar-refractivity contribution is 7.80. The van der Waals surface area contributed by atoms with Crippen molar-refractivity contribution in [2.45, 2.75) is 0 Å². The van der Waals surface area contributed by atoms with E-state index in [1.165, 1.54) is 12.1 Å². The molecule has 2 rings (SSSR count). The number of carbonyl (C=O) groups excluding carboxylic acids is 1. The van der Waals surface area contributed by atoms with Gasteiger partial charge in [-0.3, -0.25) is 15.6 Å². The molecule has 2 aromatic rings. The maximum absolute atomic E-state index is 12.5. The van der Waals surface area contributed by atoms with Crippen LogP contribution in [0.4, 0.5) is 11.4 Å². The van der Waals surface area contributed by atoms with Gasteiger partial charge in [-0.1, -0.05) is 12.1 Å². The van der Waals surface area contributed by atoms with Gasteiger partial charge in [0.15, 0.2) is 10.7 Å². The second kappa shape index (κ2) is 10.7. The zero-order chi connectivity index (χ0) is 21.9. The van der Waals surface area contributed by atoms with Crippen molar-refractivity contribution in [1.29, 1.82) is 15.8 Å². The molecule has 9 nitrogen and oxygen atoms in total. The highest BCUT2D eigenvalue weighted by Crippen LogP contribution is 2.18. The molecule has 2 aromatic carbocycles. The fourth-order valence-corrected chi connectivity index (χ4v) is 2.39. The minimum atomic E-state index is -0.551. The van der Waals surface area contributed by atoms with Crippen LogP contribution in [-0.2, 0) is 0 Å². The molecular formula is C20H15N7O2S. The molecule has 0 saturated heterocycles. The Bertz CT molecular complexity index is 1090. The maximum Gasteiger partial charge on any atom is 0.271 e. The van der Waals surface area contributed by atoms with Crippen molar-refractivity contribution >= 4 is 34.6 Å². The molecule has 0 unspecified atom stereocenters. The standard InChI is InChI=1S/C20H15N7O2S/c1-29-15-8-6-14(7-9-15)24-20(30)27-26-19(28)16-4-2-3-5-17(16)25-18(12-23)13(10-21)11-22/h2-9,25H,1H3,(H,26,28)(H2,24,27,30). The lowest BCUT2D eigenvalue weighted by atomic mass is 10.1. The molecule has 0 saturated carbocycles. The van der Waals surface area contributed by atoms with Crippen LogP contribution in [0.3, 0.4) is 0 Å². The topological polar surface area (TPSA) is 146 Å². The van der Waals surface area contributed by atoms with E-state index in [1.54, 1.807) is 61.7 Å². The van der Waals surface area contributed by atoms with Gasteiger partial charge in [0, 0.05) is 5.69 Å². The molecule has 0 aliphatic rings. The number of hydrogen-bond donors (Lipinski definition) is 4. The van der Waals surface area contributed by atoms with Crippen LogP contribution in [0.15, 0.2) is 59.8 Å². The van der Waals surface area contributed by atoms with E-state index in [9.17, 15) is 10.1 Å². The van der Waals surface area contributed by atoms with Crippen LogP contribution < -0.4 is 26.2 Å². The summed E-state index contributed by atoms with van der Waals surface area (Å²) in [5.41, 5.74) is 5.47. The number of carbonyl (C=O) groups is 1. The molecule has 1 amide bonds. The van der Waals surface area contributed by atoms with E-state index in [4.69, 9.17) is 27.5 Å². The first-order chi connectivity index (χ1) is 14.5. The molecule has 10 heteroatoms. The summed E-state index contributed by atoms with van der Waals surface area (Å²) in [6, 6.07) is 18.3. The fourth-order valence-electron chi connectivity index (χ4n) is 2.23. The average molecular weight is 417 g/mol. The van der Waals surface area contributed by atoms with Gasteiger partial charge in [0.25, 0.3) is 5.91 Å². The molecule has 0 atom stereocenters. The first-order valence-corrected chi connectivity index (χ1v) is 8.75. The summed E-state index contributed by atoms with van der Waals surface area (Å²) in [6.07, 6.45) is 0. The summed E-state index contributed by atoms with van der Waals surface area (Å²) in [5, 5.41) is 32.7. The van der Waals surface area contributed by atoms with Crippen molar-refractivity contribution in [3.8, 4) is 24.0 Å². The van der Waals surface area contributed by atoms with Crippen LogP contribution in [0.2, 0.25) is 0 Å². The van der Waals surface area contributed by atoms with Gasteiger partial charge >= 0.3 is 0 Å². The van der Waals surface area contributed by atoms with Crippen LogP contribution in [-0.4, -0.2) is 18.1 Å². The van der Waals surface area contributed by atoms with E-state index in [2.05, 4.69) is 21.5 Å². The molecule has 0 bridgehead atoms. The Morgan fingerprint density at radius 3 is 2.20 bits per heavy atom. The molecule has 0 aliphatic heterocycles. The number of anilines is 2. The van der Waals surface area contributed by atoms with Crippen molar-refractivity contribution in [1.82, 2.24) is 10.9 Å². The van der Waals surface area contributed by atoms with Crippen LogP contribution in [0.1, 0.15) is 10.4 Å². The Balaban J connectivity index is 2.06. The number of benzene rings is 2. The summed E-state index contributed by atoms with van der Waals surface area (Å²) < 4.78 is 5.08. The summed E-state index contributed by atoms with van der Waals surface area (Å²) in [6.45, 7) is 0. The van der Waals surface area contributed by atoms with Gasteiger partial charge in [0.2, 0.25) is 0 Å². The lowest BCUT2D eigenvalue weighted by Gasteiger charge is -2.14. The van der Waals surface area contributed by atoms with Crippen molar-refractivity contribution in [2.75, 3.05) is 17.7 Å². The fraction of sp³-hybridized carbons (Fsp3) is 0.0500. The Morgan fingerprint density at radius 2 is 1.60 bits per heavy atom. The lowest BCUT2D eigenvalue weighted by Crippen LogP contribution is -2.43. The number of allylic oxidation sites excluding steroid dienone is 2. The first kappa shape index (κ1) is 21.7. The van der Waals surface area contributed by atoms with Gasteiger partial charge in [0.1, 0.15) is 29.7 Å². The van der Waals surface area contributed by atoms with Crippen LogP contribution >= 0.6 is 12.2 Å². The number of rotatable bonds is 5. The van der Waals surface area contributed by atoms with Gasteiger partial charge in [-0.15, -0.1) is 0 Å². The Labute approximate surface area is 178 Å². The third-order valence-corrected chi connectivity index (χ3v) is 3.86. The number of nitrogens with zero attached hydrogens (tertiary/aromatic N) is 3. The number of para-hydroxylation sites is 1. The molecule has 30 heavy (non-hydrogen) atoms. The molecule has 0 spiro atoms. The number of amides is 1. The van der Waals surface area contributed by atoms with Crippen LogP contribution in [0.5, 0.6) is 5.75 Å². The third-order valence-electron chi connectivity index (χ3n) is 3.65. The SMILES string of the molecule is COc1ccc(NC(=S)NNC(=O)c2ccccc2NC(C#N)=C(C#N)C#N)cc1. The summed E-state index contributed by atoms with van der Waals surface area (Å²) in [7, 11) is 1.56. The molecule has 4 N–H and O–H groups in total. The molecular weight excluding hydrogens is 402 g/mol. The van der Waals surface area contributed by atoms with Crippen LogP contribution in [0.25, 0.3) is 0 Å². The Hall–Kier alpha value is -4.59. The predicted octanol–water partition coefficient (Wildman–Crippen LogP) is 2.56. The van der Waals surface area contributed by atoms with Gasteiger partial charge in [-0.25, -0.2) is 0 Å². The normalized spacial score (nSPS) is 9.00.